The first kappa shape index (κ1) is 16.8. The molecule has 0 spiro atoms. The first-order valence-corrected chi connectivity index (χ1v) is 7.31. The van der Waals surface area contributed by atoms with Gasteiger partial charge in [0.1, 0.15) is 5.75 Å². The number of rotatable bonds is 5. The van der Waals surface area contributed by atoms with Crippen LogP contribution < -0.4 is 10.1 Å². The lowest BCUT2D eigenvalue weighted by Gasteiger charge is -2.16. The lowest BCUT2D eigenvalue weighted by Crippen LogP contribution is -2.30. The van der Waals surface area contributed by atoms with Crippen LogP contribution >= 0.6 is 11.6 Å². The number of carboxylic acid groups (broad SMARTS) is 1. The van der Waals surface area contributed by atoms with E-state index in [-0.39, 0.29) is 11.5 Å². The van der Waals surface area contributed by atoms with Gasteiger partial charge in [-0.1, -0.05) is 11.6 Å². The molecule has 2 aromatic carbocycles. The number of anilines is 1. The molecule has 0 radical (unpaired) electrons. The van der Waals surface area contributed by atoms with Crippen molar-refractivity contribution in [3.63, 3.8) is 0 Å². The SMILES string of the molecule is Cc1cc(Cl)ccc1OC(C)C(=O)Nc1ccc(C(=O)O)cc1. The second-order valence-electron chi connectivity index (χ2n) is 5.04. The van der Waals surface area contributed by atoms with Gasteiger partial charge >= 0.3 is 5.97 Å². The van der Waals surface area contributed by atoms with Crippen molar-refractivity contribution in [1.82, 2.24) is 0 Å². The van der Waals surface area contributed by atoms with Crippen LogP contribution in [0.5, 0.6) is 5.75 Å². The van der Waals surface area contributed by atoms with Crippen molar-refractivity contribution in [2.24, 2.45) is 0 Å². The summed E-state index contributed by atoms with van der Waals surface area (Å²) in [6.45, 7) is 3.48. The third-order valence-corrected chi connectivity index (χ3v) is 3.44. The molecule has 6 heteroatoms. The highest BCUT2D eigenvalue weighted by atomic mass is 35.5. The number of aromatic carboxylic acids is 1. The summed E-state index contributed by atoms with van der Waals surface area (Å²) in [6.07, 6.45) is -0.714. The molecule has 0 aliphatic rings. The summed E-state index contributed by atoms with van der Waals surface area (Å²) >= 11 is 5.88. The number of hydrogen-bond acceptors (Lipinski definition) is 3. The number of aryl methyl sites for hydroxylation is 1. The summed E-state index contributed by atoms with van der Waals surface area (Å²) in [6, 6.07) is 11.1. The van der Waals surface area contributed by atoms with Gasteiger partial charge < -0.3 is 15.2 Å². The Hall–Kier alpha value is -2.53. The number of carboxylic acids is 1. The monoisotopic (exact) mass is 333 g/mol. The minimum absolute atomic E-state index is 0.157. The Morgan fingerprint density at radius 1 is 1.17 bits per heavy atom. The van der Waals surface area contributed by atoms with Crippen molar-refractivity contribution in [1.29, 1.82) is 0 Å². The molecule has 1 atom stereocenters. The molecule has 5 nitrogen and oxygen atoms in total. The lowest BCUT2D eigenvalue weighted by atomic mass is 10.2. The van der Waals surface area contributed by atoms with Crippen LogP contribution in [-0.4, -0.2) is 23.1 Å². The van der Waals surface area contributed by atoms with E-state index in [1.165, 1.54) is 24.3 Å². The highest BCUT2D eigenvalue weighted by Crippen LogP contribution is 2.23. The van der Waals surface area contributed by atoms with Crippen LogP contribution in [0.1, 0.15) is 22.8 Å². The summed E-state index contributed by atoms with van der Waals surface area (Å²) in [5, 5.41) is 12.1. The number of halogens is 1. The zero-order valence-electron chi connectivity index (χ0n) is 12.7. The van der Waals surface area contributed by atoms with Crippen LogP contribution in [0, 0.1) is 6.92 Å². The quantitative estimate of drug-likeness (QED) is 0.873. The maximum absolute atomic E-state index is 12.1. The summed E-state index contributed by atoms with van der Waals surface area (Å²) < 4.78 is 5.63. The van der Waals surface area contributed by atoms with E-state index in [0.717, 1.165) is 5.56 Å². The molecule has 0 aliphatic carbocycles. The van der Waals surface area contributed by atoms with Gasteiger partial charge in [0.05, 0.1) is 5.56 Å². The van der Waals surface area contributed by atoms with E-state index in [1.807, 2.05) is 6.92 Å². The van der Waals surface area contributed by atoms with E-state index in [9.17, 15) is 9.59 Å². The molecule has 2 rings (SSSR count). The van der Waals surface area contributed by atoms with E-state index < -0.39 is 12.1 Å². The molecule has 2 N–H and O–H groups in total. The molecule has 0 saturated carbocycles. The van der Waals surface area contributed by atoms with Crippen LogP contribution in [0.3, 0.4) is 0 Å². The number of ether oxygens (including phenoxy) is 1. The normalized spacial score (nSPS) is 11.6. The fourth-order valence-corrected chi connectivity index (χ4v) is 2.16. The van der Waals surface area contributed by atoms with Crippen LogP contribution in [0.25, 0.3) is 0 Å². The predicted molar refractivity (Wildman–Crippen MR) is 88.3 cm³/mol. The highest BCUT2D eigenvalue weighted by molar-refractivity contribution is 6.30. The van der Waals surface area contributed by atoms with Gasteiger partial charge in [-0.25, -0.2) is 4.79 Å². The van der Waals surface area contributed by atoms with E-state index in [0.29, 0.717) is 16.5 Å². The van der Waals surface area contributed by atoms with Crippen molar-refractivity contribution < 1.29 is 19.4 Å². The third-order valence-electron chi connectivity index (χ3n) is 3.21. The lowest BCUT2D eigenvalue weighted by molar-refractivity contribution is -0.122. The summed E-state index contributed by atoms with van der Waals surface area (Å²) in [5.74, 6) is -0.765. The molecule has 0 aliphatic heterocycles. The largest absolute Gasteiger partial charge is 0.481 e. The first-order valence-electron chi connectivity index (χ1n) is 6.94. The second-order valence-corrected chi connectivity index (χ2v) is 5.48. The van der Waals surface area contributed by atoms with E-state index in [4.69, 9.17) is 21.4 Å². The van der Waals surface area contributed by atoms with Crippen LogP contribution in [-0.2, 0) is 4.79 Å². The molecular weight excluding hydrogens is 318 g/mol. The highest BCUT2D eigenvalue weighted by Gasteiger charge is 2.16. The summed E-state index contributed by atoms with van der Waals surface area (Å²) in [4.78, 5) is 22.9. The van der Waals surface area contributed by atoms with Crippen molar-refractivity contribution in [2.45, 2.75) is 20.0 Å². The number of amides is 1. The maximum atomic E-state index is 12.1. The molecule has 120 valence electrons. The molecule has 2 aromatic rings. The van der Waals surface area contributed by atoms with Crippen molar-refractivity contribution >= 4 is 29.2 Å². The molecule has 23 heavy (non-hydrogen) atoms. The van der Waals surface area contributed by atoms with Gasteiger partial charge in [-0.05, 0) is 61.9 Å². The topological polar surface area (TPSA) is 75.6 Å². The minimum atomic E-state index is -1.02. The van der Waals surface area contributed by atoms with Gasteiger partial charge in [0.15, 0.2) is 6.10 Å². The number of hydrogen-bond donors (Lipinski definition) is 2. The maximum Gasteiger partial charge on any atom is 0.335 e. The van der Waals surface area contributed by atoms with Gasteiger partial charge in [-0.2, -0.15) is 0 Å². The smallest absolute Gasteiger partial charge is 0.335 e. The molecule has 0 heterocycles. The minimum Gasteiger partial charge on any atom is -0.481 e. The Balaban J connectivity index is 2.00. The second kappa shape index (κ2) is 7.15. The van der Waals surface area contributed by atoms with Gasteiger partial charge in [0.25, 0.3) is 5.91 Å². The standard InChI is InChI=1S/C17H16ClNO4/c1-10-9-13(18)5-8-15(10)23-11(2)16(20)19-14-6-3-12(4-7-14)17(21)22/h3-9,11H,1-2H3,(H,19,20)(H,21,22). The number of nitrogens with one attached hydrogen (secondary N) is 1. The van der Waals surface area contributed by atoms with Crippen LogP contribution in [0.2, 0.25) is 5.02 Å². The first-order chi connectivity index (χ1) is 10.9. The molecule has 1 unspecified atom stereocenters. The van der Waals surface area contributed by atoms with Crippen LogP contribution in [0.15, 0.2) is 42.5 Å². The van der Waals surface area contributed by atoms with E-state index in [1.54, 1.807) is 25.1 Å². The fraction of sp³-hybridized carbons (Fsp3) is 0.176. The van der Waals surface area contributed by atoms with Crippen LogP contribution in [0.4, 0.5) is 5.69 Å². The number of benzene rings is 2. The van der Waals surface area contributed by atoms with E-state index in [2.05, 4.69) is 5.32 Å². The van der Waals surface area contributed by atoms with Gasteiger partial charge in [0, 0.05) is 10.7 Å². The average molecular weight is 334 g/mol. The fourth-order valence-electron chi connectivity index (χ4n) is 1.93. The number of carbonyl (C=O) groups excluding carboxylic acids is 1. The molecule has 0 aromatic heterocycles. The number of carbonyl (C=O) groups is 2. The molecule has 0 saturated heterocycles. The zero-order chi connectivity index (χ0) is 17.0. The average Bonchev–Trinajstić information content (AvgIpc) is 2.50. The Bertz CT molecular complexity index is 728. The third kappa shape index (κ3) is 4.47. The summed E-state index contributed by atoms with van der Waals surface area (Å²) in [5.41, 5.74) is 1.50. The van der Waals surface area contributed by atoms with Gasteiger partial charge in [-0.3, -0.25) is 4.79 Å². The Labute approximate surface area is 138 Å². The Kier molecular flexibility index (Phi) is 5.24. The van der Waals surface area contributed by atoms with Crippen molar-refractivity contribution in [3.8, 4) is 5.75 Å². The molecule has 1 amide bonds. The van der Waals surface area contributed by atoms with Crippen molar-refractivity contribution in [2.75, 3.05) is 5.32 Å². The van der Waals surface area contributed by atoms with E-state index >= 15 is 0 Å². The Morgan fingerprint density at radius 3 is 2.39 bits per heavy atom. The summed E-state index contributed by atoms with van der Waals surface area (Å²) in [7, 11) is 0. The Morgan fingerprint density at radius 2 is 1.83 bits per heavy atom. The van der Waals surface area contributed by atoms with Crippen molar-refractivity contribution in [3.05, 3.63) is 58.6 Å². The van der Waals surface area contributed by atoms with Gasteiger partial charge in [0.2, 0.25) is 0 Å². The molecular formula is C17H16ClNO4. The molecule has 0 bridgehead atoms. The zero-order valence-corrected chi connectivity index (χ0v) is 13.4. The van der Waals surface area contributed by atoms with Gasteiger partial charge in [-0.15, -0.1) is 0 Å². The predicted octanol–water partition coefficient (Wildman–Crippen LogP) is 3.75. The molecule has 0 fully saturated rings.